The summed E-state index contributed by atoms with van der Waals surface area (Å²) in [7, 11) is 0. The van der Waals surface area contributed by atoms with E-state index < -0.39 is 24.4 Å². The van der Waals surface area contributed by atoms with Crippen LogP contribution in [0.2, 0.25) is 0 Å². The number of nitrogens with zero attached hydrogens (tertiary/aromatic N) is 3. The number of halogens is 2. The third kappa shape index (κ3) is 2.63. The van der Waals surface area contributed by atoms with E-state index in [1.54, 1.807) is 6.33 Å². The molecule has 1 aliphatic rings. The van der Waals surface area contributed by atoms with Gasteiger partial charge in [-0.1, -0.05) is 0 Å². The molecule has 1 unspecified atom stereocenters. The summed E-state index contributed by atoms with van der Waals surface area (Å²) in [5.41, 5.74) is 0. The summed E-state index contributed by atoms with van der Waals surface area (Å²) in [5, 5.41) is 10.6. The lowest BCUT2D eigenvalue weighted by atomic mass is 10.2. The number of ether oxygens (including phenoxy) is 1. The molecule has 1 atom stereocenters. The van der Waals surface area contributed by atoms with Crippen LogP contribution in [0.25, 0.3) is 0 Å². The fourth-order valence-corrected chi connectivity index (χ4v) is 1.79. The van der Waals surface area contributed by atoms with Crippen molar-refractivity contribution in [2.45, 2.75) is 38.5 Å². The van der Waals surface area contributed by atoms with E-state index in [1.165, 1.54) is 0 Å². The highest BCUT2D eigenvalue weighted by Crippen LogP contribution is 2.30. The van der Waals surface area contributed by atoms with Gasteiger partial charge in [0.1, 0.15) is 18.3 Å². The van der Waals surface area contributed by atoms with Gasteiger partial charge in [-0.25, -0.2) is 4.79 Å². The maximum atomic E-state index is 12.9. The molecule has 0 saturated carbocycles. The van der Waals surface area contributed by atoms with Crippen LogP contribution >= 0.6 is 0 Å². The molecule has 0 radical (unpaired) electrons. The highest BCUT2D eigenvalue weighted by molar-refractivity contribution is 5.79. The van der Waals surface area contributed by atoms with Crippen LogP contribution in [0, 0.1) is 0 Å². The Morgan fingerprint density at radius 2 is 2.44 bits per heavy atom. The summed E-state index contributed by atoms with van der Waals surface area (Å²) in [5.74, 6) is -4.07. The Labute approximate surface area is 102 Å². The fourth-order valence-electron chi connectivity index (χ4n) is 1.79. The molecule has 1 saturated heterocycles. The monoisotopic (exact) mass is 260 g/mol. The molecule has 1 fully saturated rings. The normalized spacial score (nSPS) is 22.2. The Morgan fingerprint density at radius 1 is 1.67 bits per heavy atom. The third-order valence-electron chi connectivity index (χ3n) is 2.75. The molecule has 6 nitrogen and oxygen atoms in total. The molecular weight excluding hydrogens is 246 g/mol. The molecule has 0 aromatic carbocycles. The van der Waals surface area contributed by atoms with Gasteiger partial charge in [0.05, 0.1) is 13.0 Å². The molecular formula is C10H14F2N4O2. The van der Waals surface area contributed by atoms with E-state index >= 15 is 0 Å². The first-order chi connectivity index (χ1) is 8.53. The average molecular weight is 260 g/mol. The van der Waals surface area contributed by atoms with Crippen LogP contribution < -0.4 is 5.32 Å². The highest BCUT2D eigenvalue weighted by atomic mass is 19.3. The van der Waals surface area contributed by atoms with Crippen LogP contribution in [0.4, 0.5) is 8.78 Å². The summed E-state index contributed by atoms with van der Waals surface area (Å²) >= 11 is 0. The van der Waals surface area contributed by atoms with Crippen LogP contribution in [0.15, 0.2) is 6.33 Å². The number of rotatable bonds is 5. The van der Waals surface area contributed by atoms with Gasteiger partial charge in [0, 0.05) is 13.1 Å². The van der Waals surface area contributed by atoms with Gasteiger partial charge < -0.3 is 14.6 Å². The second-order valence-electron chi connectivity index (χ2n) is 4.10. The number of alkyl halides is 2. The van der Waals surface area contributed by atoms with Crippen molar-refractivity contribution in [1.29, 1.82) is 0 Å². The largest absolute Gasteiger partial charge is 0.456 e. The van der Waals surface area contributed by atoms with Gasteiger partial charge in [-0.2, -0.15) is 8.78 Å². The van der Waals surface area contributed by atoms with Gasteiger partial charge in [0.2, 0.25) is 0 Å². The van der Waals surface area contributed by atoms with Gasteiger partial charge in [-0.3, -0.25) is 0 Å². The third-order valence-corrected chi connectivity index (χ3v) is 2.75. The van der Waals surface area contributed by atoms with E-state index in [-0.39, 0.29) is 6.54 Å². The number of hydrogen-bond acceptors (Lipinski definition) is 5. The lowest BCUT2D eigenvalue weighted by Gasteiger charge is -2.09. The van der Waals surface area contributed by atoms with Crippen molar-refractivity contribution in [2.24, 2.45) is 0 Å². The van der Waals surface area contributed by atoms with Gasteiger partial charge in [-0.15, -0.1) is 10.2 Å². The Morgan fingerprint density at radius 3 is 3.06 bits per heavy atom. The smallest absolute Gasteiger partial charge is 0.377 e. The van der Waals surface area contributed by atoms with E-state index in [1.807, 2.05) is 11.5 Å². The van der Waals surface area contributed by atoms with E-state index in [4.69, 9.17) is 0 Å². The second kappa shape index (κ2) is 4.97. The van der Waals surface area contributed by atoms with Crippen molar-refractivity contribution in [1.82, 2.24) is 20.1 Å². The molecule has 8 heteroatoms. The van der Waals surface area contributed by atoms with Gasteiger partial charge in [0.25, 0.3) is 0 Å². The Kier molecular flexibility index (Phi) is 3.55. The van der Waals surface area contributed by atoms with Crippen LogP contribution in [0.5, 0.6) is 0 Å². The average Bonchev–Trinajstić information content (AvgIpc) is 2.84. The Balaban J connectivity index is 1.79. The van der Waals surface area contributed by atoms with Gasteiger partial charge in [-0.05, 0) is 6.92 Å². The zero-order valence-corrected chi connectivity index (χ0v) is 9.90. The minimum atomic E-state index is -3.35. The Bertz CT molecular complexity index is 435. The van der Waals surface area contributed by atoms with Crippen LogP contribution in [-0.4, -0.2) is 39.3 Å². The van der Waals surface area contributed by atoms with E-state index in [0.717, 1.165) is 6.54 Å². The number of carbonyl (C=O) groups is 1. The quantitative estimate of drug-likeness (QED) is 0.773. The first-order valence-corrected chi connectivity index (χ1v) is 5.69. The van der Waals surface area contributed by atoms with Crippen LogP contribution in [0.3, 0.4) is 0 Å². The number of hydrogen-bond donors (Lipinski definition) is 1. The zero-order chi connectivity index (χ0) is 13.2. The van der Waals surface area contributed by atoms with E-state index in [0.29, 0.717) is 12.4 Å². The lowest BCUT2D eigenvalue weighted by Crippen LogP contribution is -2.27. The van der Waals surface area contributed by atoms with Crippen molar-refractivity contribution in [3.05, 3.63) is 12.2 Å². The van der Waals surface area contributed by atoms with Crippen LogP contribution in [-0.2, 0) is 22.6 Å². The SMILES string of the molecule is CCn1cnnc1CNCC1CC(F)(F)C(=O)O1. The molecule has 18 heavy (non-hydrogen) atoms. The molecule has 1 aromatic heterocycles. The molecule has 1 aromatic rings. The molecule has 1 N–H and O–H groups in total. The van der Waals surface area contributed by atoms with Gasteiger partial charge in [0.15, 0.2) is 0 Å². The van der Waals surface area contributed by atoms with Gasteiger partial charge >= 0.3 is 11.9 Å². The van der Waals surface area contributed by atoms with Crippen molar-refractivity contribution < 1.29 is 18.3 Å². The summed E-state index contributed by atoms with van der Waals surface area (Å²) in [6.45, 7) is 3.26. The molecule has 2 heterocycles. The number of cyclic esters (lactones) is 1. The molecule has 0 amide bonds. The molecule has 100 valence electrons. The van der Waals surface area contributed by atoms with Crippen molar-refractivity contribution >= 4 is 5.97 Å². The topological polar surface area (TPSA) is 69.0 Å². The van der Waals surface area contributed by atoms with Crippen LogP contribution in [0.1, 0.15) is 19.2 Å². The zero-order valence-electron chi connectivity index (χ0n) is 9.90. The number of carbonyl (C=O) groups excluding carboxylic acids is 1. The highest BCUT2D eigenvalue weighted by Gasteiger charge is 2.50. The number of nitrogens with one attached hydrogen (secondary N) is 1. The molecule has 0 bridgehead atoms. The number of aryl methyl sites for hydroxylation is 1. The van der Waals surface area contributed by atoms with Crippen molar-refractivity contribution in [2.75, 3.05) is 6.54 Å². The predicted molar refractivity (Wildman–Crippen MR) is 56.8 cm³/mol. The minimum Gasteiger partial charge on any atom is -0.456 e. The summed E-state index contributed by atoms with van der Waals surface area (Å²) in [6.07, 6.45) is 0.241. The minimum absolute atomic E-state index is 0.178. The maximum absolute atomic E-state index is 12.9. The standard InChI is InChI=1S/C10H14F2N4O2/c1-2-16-6-14-15-8(16)5-13-4-7-3-10(11,12)9(17)18-7/h6-7,13H,2-5H2,1H3. The summed E-state index contributed by atoms with van der Waals surface area (Å²) < 4.78 is 32.2. The molecule has 0 aliphatic carbocycles. The predicted octanol–water partition coefficient (Wildman–Crippen LogP) is 0.338. The molecule has 2 rings (SSSR count). The van der Waals surface area contributed by atoms with Crippen molar-refractivity contribution in [3.63, 3.8) is 0 Å². The molecule has 1 aliphatic heterocycles. The fraction of sp³-hybridized carbons (Fsp3) is 0.700. The first kappa shape index (κ1) is 12.9. The molecule has 0 spiro atoms. The lowest BCUT2D eigenvalue weighted by molar-refractivity contribution is -0.159. The maximum Gasteiger partial charge on any atom is 0.377 e. The summed E-state index contributed by atoms with van der Waals surface area (Å²) in [6, 6.07) is 0. The van der Waals surface area contributed by atoms with E-state index in [2.05, 4.69) is 20.3 Å². The van der Waals surface area contributed by atoms with E-state index in [9.17, 15) is 13.6 Å². The van der Waals surface area contributed by atoms with Crippen molar-refractivity contribution in [3.8, 4) is 0 Å². The number of aromatic nitrogens is 3. The Hall–Kier alpha value is -1.57. The number of esters is 1. The summed E-state index contributed by atoms with van der Waals surface area (Å²) in [4.78, 5) is 10.8. The second-order valence-corrected chi connectivity index (χ2v) is 4.10. The first-order valence-electron chi connectivity index (χ1n) is 5.69.